The van der Waals surface area contributed by atoms with Crippen LogP contribution >= 0.6 is 0 Å². The van der Waals surface area contributed by atoms with E-state index in [0.717, 1.165) is 11.3 Å². The molecular formula is C15H16N2O2. The Morgan fingerprint density at radius 1 is 1.42 bits per heavy atom. The summed E-state index contributed by atoms with van der Waals surface area (Å²) in [7, 11) is 1.57. The number of hydrogen-bond donors (Lipinski definition) is 1. The first-order valence-electron chi connectivity index (χ1n) is 6.08. The maximum Gasteiger partial charge on any atom is 0.136 e. The molecule has 0 amide bonds. The van der Waals surface area contributed by atoms with Crippen LogP contribution in [0.25, 0.3) is 0 Å². The molecule has 0 bridgehead atoms. The number of nitriles is 1. The Hall–Kier alpha value is -2.25. The van der Waals surface area contributed by atoms with Crippen LogP contribution in [-0.4, -0.2) is 7.11 Å². The van der Waals surface area contributed by atoms with E-state index >= 15 is 0 Å². The number of rotatable bonds is 5. The fourth-order valence-corrected chi connectivity index (χ4v) is 1.85. The van der Waals surface area contributed by atoms with Crippen molar-refractivity contribution < 1.29 is 9.15 Å². The molecule has 0 fully saturated rings. The van der Waals surface area contributed by atoms with Gasteiger partial charge in [-0.1, -0.05) is 6.07 Å². The molecule has 2 aromatic rings. The molecule has 0 saturated heterocycles. The highest BCUT2D eigenvalue weighted by Gasteiger charge is 2.08. The average molecular weight is 256 g/mol. The van der Waals surface area contributed by atoms with Crippen LogP contribution in [0.15, 0.2) is 41.0 Å². The van der Waals surface area contributed by atoms with Crippen molar-refractivity contribution in [3.63, 3.8) is 0 Å². The van der Waals surface area contributed by atoms with Gasteiger partial charge in [-0.25, -0.2) is 0 Å². The number of benzene rings is 1. The molecule has 4 nitrogen and oxygen atoms in total. The molecule has 0 spiro atoms. The van der Waals surface area contributed by atoms with Gasteiger partial charge in [-0.15, -0.1) is 0 Å². The van der Waals surface area contributed by atoms with Crippen molar-refractivity contribution in [2.75, 3.05) is 7.11 Å². The SMILES string of the molecule is COc1cc(CN[C@@H](C)c2ccco2)ccc1C#N. The number of nitrogens with one attached hydrogen (secondary N) is 1. The summed E-state index contributed by atoms with van der Waals surface area (Å²) in [6, 6.07) is 11.6. The number of furan rings is 1. The summed E-state index contributed by atoms with van der Waals surface area (Å²) in [5, 5.41) is 12.3. The summed E-state index contributed by atoms with van der Waals surface area (Å²) in [5.41, 5.74) is 1.61. The van der Waals surface area contributed by atoms with E-state index in [1.165, 1.54) is 0 Å². The Morgan fingerprint density at radius 2 is 2.26 bits per heavy atom. The van der Waals surface area contributed by atoms with E-state index in [9.17, 15) is 0 Å². The average Bonchev–Trinajstić information content (AvgIpc) is 2.98. The van der Waals surface area contributed by atoms with Crippen LogP contribution in [0, 0.1) is 11.3 Å². The van der Waals surface area contributed by atoms with E-state index in [-0.39, 0.29) is 6.04 Å². The van der Waals surface area contributed by atoms with Crippen LogP contribution < -0.4 is 10.1 Å². The van der Waals surface area contributed by atoms with Crippen LogP contribution in [0.1, 0.15) is 29.9 Å². The maximum atomic E-state index is 8.93. The summed E-state index contributed by atoms with van der Waals surface area (Å²) >= 11 is 0. The third kappa shape index (κ3) is 3.15. The highest BCUT2D eigenvalue weighted by Crippen LogP contribution is 2.20. The molecule has 1 atom stereocenters. The standard InChI is InChI=1S/C15H16N2O2/c1-11(14-4-3-7-19-14)17-10-12-5-6-13(9-16)15(8-12)18-2/h3-8,11,17H,10H2,1-2H3/t11-/m0/s1. The molecule has 0 aliphatic rings. The van der Waals surface area contributed by atoms with E-state index in [2.05, 4.69) is 11.4 Å². The first kappa shape index (κ1) is 13.2. The van der Waals surface area contributed by atoms with Crippen LogP contribution in [0.4, 0.5) is 0 Å². The third-order valence-corrected chi connectivity index (χ3v) is 2.97. The number of nitrogens with zero attached hydrogens (tertiary/aromatic N) is 1. The largest absolute Gasteiger partial charge is 0.495 e. The monoisotopic (exact) mass is 256 g/mol. The van der Waals surface area contributed by atoms with Crippen molar-refractivity contribution >= 4 is 0 Å². The lowest BCUT2D eigenvalue weighted by Gasteiger charge is -2.12. The molecule has 19 heavy (non-hydrogen) atoms. The van der Waals surface area contributed by atoms with Gasteiger partial charge >= 0.3 is 0 Å². The second-order valence-electron chi connectivity index (χ2n) is 4.26. The number of hydrogen-bond acceptors (Lipinski definition) is 4. The van der Waals surface area contributed by atoms with Gasteiger partial charge in [-0.3, -0.25) is 0 Å². The summed E-state index contributed by atoms with van der Waals surface area (Å²) in [6.45, 7) is 2.73. The molecule has 0 unspecified atom stereocenters. The first-order chi connectivity index (χ1) is 9.24. The lowest BCUT2D eigenvalue weighted by molar-refractivity contribution is 0.411. The molecule has 0 saturated carbocycles. The summed E-state index contributed by atoms with van der Waals surface area (Å²) in [5.74, 6) is 1.51. The van der Waals surface area contributed by atoms with E-state index < -0.39 is 0 Å². The van der Waals surface area contributed by atoms with Crippen LogP contribution in [0.3, 0.4) is 0 Å². The molecule has 0 aliphatic heterocycles. The smallest absolute Gasteiger partial charge is 0.136 e. The second-order valence-corrected chi connectivity index (χ2v) is 4.26. The number of methoxy groups -OCH3 is 1. The lowest BCUT2D eigenvalue weighted by Crippen LogP contribution is -2.17. The molecule has 1 heterocycles. The third-order valence-electron chi connectivity index (χ3n) is 2.97. The van der Waals surface area contributed by atoms with Crippen LogP contribution in [0.2, 0.25) is 0 Å². The van der Waals surface area contributed by atoms with Crippen molar-refractivity contribution in [2.45, 2.75) is 19.5 Å². The molecular weight excluding hydrogens is 240 g/mol. The molecule has 2 rings (SSSR count). The quantitative estimate of drug-likeness (QED) is 0.893. The summed E-state index contributed by atoms with van der Waals surface area (Å²) in [6.07, 6.45) is 1.66. The minimum absolute atomic E-state index is 0.136. The summed E-state index contributed by atoms with van der Waals surface area (Å²) < 4.78 is 10.5. The van der Waals surface area contributed by atoms with Crippen molar-refractivity contribution in [3.8, 4) is 11.8 Å². The van der Waals surface area contributed by atoms with Gasteiger partial charge in [0.05, 0.1) is 25.0 Å². The molecule has 98 valence electrons. The zero-order valence-corrected chi connectivity index (χ0v) is 11.0. The van der Waals surface area contributed by atoms with Crippen LogP contribution in [0.5, 0.6) is 5.75 Å². The molecule has 1 N–H and O–H groups in total. The van der Waals surface area contributed by atoms with Gasteiger partial charge in [0.1, 0.15) is 17.6 Å². The van der Waals surface area contributed by atoms with Gasteiger partial charge < -0.3 is 14.5 Å². The Labute approximate surface area is 112 Å². The van der Waals surface area contributed by atoms with Crippen molar-refractivity contribution in [1.29, 1.82) is 5.26 Å². The Bertz CT molecular complexity index is 570. The molecule has 4 heteroatoms. The fourth-order valence-electron chi connectivity index (χ4n) is 1.85. The molecule has 0 aliphatic carbocycles. The van der Waals surface area contributed by atoms with E-state index in [1.807, 2.05) is 31.2 Å². The van der Waals surface area contributed by atoms with Gasteiger partial charge in [0.25, 0.3) is 0 Å². The van der Waals surface area contributed by atoms with Gasteiger partial charge in [0.2, 0.25) is 0 Å². The van der Waals surface area contributed by atoms with E-state index in [4.69, 9.17) is 14.4 Å². The predicted molar refractivity (Wildman–Crippen MR) is 71.7 cm³/mol. The summed E-state index contributed by atoms with van der Waals surface area (Å²) in [4.78, 5) is 0. The van der Waals surface area contributed by atoms with Gasteiger partial charge in [0, 0.05) is 6.54 Å². The van der Waals surface area contributed by atoms with Crippen molar-refractivity contribution in [1.82, 2.24) is 5.32 Å². The minimum Gasteiger partial charge on any atom is -0.495 e. The second kappa shape index (κ2) is 6.07. The molecule has 0 radical (unpaired) electrons. The Balaban J connectivity index is 2.02. The lowest BCUT2D eigenvalue weighted by atomic mass is 10.1. The van der Waals surface area contributed by atoms with Crippen molar-refractivity contribution in [3.05, 3.63) is 53.5 Å². The Kier molecular flexibility index (Phi) is 4.22. The predicted octanol–water partition coefficient (Wildman–Crippen LogP) is 3.01. The number of ether oxygens (including phenoxy) is 1. The van der Waals surface area contributed by atoms with Crippen LogP contribution in [-0.2, 0) is 6.54 Å². The Morgan fingerprint density at radius 3 is 2.89 bits per heavy atom. The highest BCUT2D eigenvalue weighted by atomic mass is 16.5. The topological polar surface area (TPSA) is 58.2 Å². The molecule has 1 aromatic carbocycles. The van der Waals surface area contributed by atoms with E-state index in [0.29, 0.717) is 17.9 Å². The van der Waals surface area contributed by atoms with E-state index in [1.54, 1.807) is 19.4 Å². The van der Waals surface area contributed by atoms with Gasteiger partial charge in [-0.2, -0.15) is 5.26 Å². The zero-order valence-electron chi connectivity index (χ0n) is 11.0. The molecule has 1 aromatic heterocycles. The fraction of sp³-hybridized carbons (Fsp3) is 0.267. The van der Waals surface area contributed by atoms with Gasteiger partial charge in [0.15, 0.2) is 0 Å². The highest BCUT2D eigenvalue weighted by molar-refractivity contribution is 5.45. The minimum atomic E-state index is 0.136. The van der Waals surface area contributed by atoms with Gasteiger partial charge in [-0.05, 0) is 36.8 Å². The zero-order chi connectivity index (χ0) is 13.7. The van der Waals surface area contributed by atoms with Crippen molar-refractivity contribution in [2.24, 2.45) is 0 Å². The maximum absolute atomic E-state index is 8.93. The normalized spacial score (nSPS) is 11.8. The first-order valence-corrected chi connectivity index (χ1v) is 6.08.